The Balaban J connectivity index is 2.05. The summed E-state index contributed by atoms with van der Waals surface area (Å²) in [6, 6.07) is 13.3. The van der Waals surface area contributed by atoms with E-state index >= 15 is 0 Å². The number of thiocarbonyl (C=S) groups is 1. The van der Waals surface area contributed by atoms with E-state index in [1.165, 1.54) is 4.90 Å². The third-order valence-electron chi connectivity index (χ3n) is 3.85. The lowest BCUT2D eigenvalue weighted by atomic mass is 10.0. The van der Waals surface area contributed by atoms with Gasteiger partial charge in [0.1, 0.15) is 5.57 Å². The van der Waals surface area contributed by atoms with Crippen LogP contribution in [0.5, 0.6) is 0 Å². The predicted molar refractivity (Wildman–Crippen MR) is 111 cm³/mol. The quantitative estimate of drug-likeness (QED) is 0.320. The average molecular weight is 462 g/mol. The molecule has 0 bridgehead atoms. The molecule has 25 heavy (non-hydrogen) atoms. The third-order valence-corrected chi connectivity index (χ3v) is 4.81. The molecule has 0 aliphatic carbocycles. The molecule has 0 spiro atoms. The standard InChI is InChI=1S/C19H15IN2O2S/c1-11-6-7-16(12(2)8-11)22-18(24)15(17(23)21-19(22)25)10-13-4-3-5-14(20)9-13/h3-10H,1-2H3,(H,21,23,25). The van der Waals surface area contributed by atoms with E-state index in [0.717, 1.165) is 20.3 Å². The van der Waals surface area contributed by atoms with Gasteiger partial charge in [-0.25, -0.2) is 0 Å². The molecule has 1 aliphatic rings. The summed E-state index contributed by atoms with van der Waals surface area (Å²) >= 11 is 7.43. The van der Waals surface area contributed by atoms with Gasteiger partial charge in [0, 0.05) is 3.57 Å². The predicted octanol–water partition coefficient (Wildman–Crippen LogP) is 3.74. The zero-order valence-electron chi connectivity index (χ0n) is 13.7. The lowest BCUT2D eigenvalue weighted by molar-refractivity contribution is -0.122. The first-order valence-corrected chi connectivity index (χ1v) is 9.10. The maximum atomic E-state index is 13.0. The van der Waals surface area contributed by atoms with Gasteiger partial charge in [0.25, 0.3) is 11.8 Å². The molecule has 3 rings (SSSR count). The molecule has 1 fully saturated rings. The van der Waals surface area contributed by atoms with Crippen molar-refractivity contribution in [3.8, 4) is 0 Å². The number of hydrogen-bond donors (Lipinski definition) is 1. The van der Waals surface area contributed by atoms with Crippen molar-refractivity contribution in [2.45, 2.75) is 13.8 Å². The first-order chi connectivity index (χ1) is 11.9. The fourth-order valence-electron chi connectivity index (χ4n) is 2.70. The smallest absolute Gasteiger partial charge is 0.270 e. The molecule has 126 valence electrons. The lowest BCUT2D eigenvalue weighted by Crippen LogP contribution is -2.54. The fraction of sp³-hybridized carbons (Fsp3) is 0.105. The molecule has 2 aromatic carbocycles. The molecule has 1 aliphatic heterocycles. The van der Waals surface area contributed by atoms with Crippen LogP contribution in [-0.4, -0.2) is 16.9 Å². The molecular weight excluding hydrogens is 447 g/mol. The van der Waals surface area contributed by atoms with E-state index in [9.17, 15) is 9.59 Å². The second-order valence-corrected chi connectivity index (χ2v) is 7.44. The Kier molecular flexibility index (Phi) is 5.01. The normalized spacial score (nSPS) is 16.4. The zero-order valence-corrected chi connectivity index (χ0v) is 16.6. The van der Waals surface area contributed by atoms with Crippen LogP contribution in [0.3, 0.4) is 0 Å². The highest BCUT2D eigenvalue weighted by Crippen LogP contribution is 2.26. The molecule has 0 aromatic heterocycles. The van der Waals surface area contributed by atoms with Gasteiger partial charge >= 0.3 is 0 Å². The van der Waals surface area contributed by atoms with Crippen molar-refractivity contribution in [2.75, 3.05) is 4.90 Å². The van der Waals surface area contributed by atoms with Crippen LogP contribution in [-0.2, 0) is 9.59 Å². The van der Waals surface area contributed by atoms with Crippen molar-refractivity contribution in [2.24, 2.45) is 0 Å². The van der Waals surface area contributed by atoms with Gasteiger partial charge in [-0.15, -0.1) is 0 Å². The minimum Gasteiger partial charge on any atom is -0.298 e. The summed E-state index contributed by atoms with van der Waals surface area (Å²) < 4.78 is 1.03. The monoisotopic (exact) mass is 462 g/mol. The molecule has 2 amide bonds. The number of carbonyl (C=O) groups excluding carboxylic acids is 2. The molecule has 0 unspecified atom stereocenters. The molecular formula is C19H15IN2O2S. The number of halogens is 1. The number of rotatable bonds is 2. The summed E-state index contributed by atoms with van der Waals surface area (Å²) in [5, 5.41) is 2.71. The fourth-order valence-corrected chi connectivity index (χ4v) is 3.54. The largest absolute Gasteiger partial charge is 0.298 e. The highest BCUT2D eigenvalue weighted by Gasteiger charge is 2.35. The van der Waals surface area contributed by atoms with Crippen molar-refractivity contribution in [3.63, 3.8) is 0 Å². The Labute approximate surface area is 165 Å². The van der Waals surface area contributed by atoms with Crippen molar-refractivity contribution in [3.05, 3.63) is 68.3 Å². The van der Waals surface area contributed by atoms with E-state index in [0.29, 0.717) is 5.69 Å². The molecule has 4 nitrogen and oxygen atoms in total. The van der Waals surface area contributed by atoms with Crippen LogP contribution in [0.2, 0.25) is 0 Å². The maximum absolute atomic E-state index is 13.0. The number of carbonyl (C=O) groups is 2. The van der Waals surface area contributed by atoms with Crippen LogP contribution in [0.4, 0.5) is 5.69 Å². The van der Waals surface area contributed by atoms with E-state index in [-0.39, 0.29) is 10.7 Å². The maximum Gasteiger partial charge on any atom is 0.270 e. The summed E-state index contributed by atoms with van der Waals surface area (Å²) in [4.78, 5) is 26.7. The number of nitrogens with one attached hydrogen (secondary N) is 1. The van der Waals surface area contributed by atoms with Crippen LogP contribution in [0.15, 0.2) is 48.0 Å². The van der Waals surface area contributed by atoms with Crippen LogP contribution in [0.25, 0.3) is 6.08 Å². The molecule has 0 radical (unpaired) electrons. The second-order valence-electron chi connectivity index (χ2n) is 5.80. The number of anilines is 1. The topological polar surface area (TPSA) is 49.4 Å². The van der Waals surface area contributed by atoms with Crippen molar-refractivity contribution < 1.29 is 9.59 Å². The van der Waals surface area contributed by atoms with E-state index in [2.05, 4.69) is 27.9 Å². The lowest BCUT2D eigenvalue weighted by Gasteiger charge is -2.30. The van der Waals surface area contributed by atoms with E-state index in [1.54, 1.807) is 6.08 Å². The van der Waals surface area contributed by atoms with E-state index in [4.69, 9.17) is 12.2 Å². The SMILES string of the molecule is Cc1ccc(N2C(=O)C(=Cc3cccc(I)c3)C(=O)NC2=S)c(C)c1. The summed E-state index contributed by atoms with van der Waals surface area (Å²) in [6.07, 6.45) is 1.60. The van der Waals surface area contributed by atoms with Crippen molar-refractivity contribution in [1.29, 1.82) is 0 Å². The summed E-state index contributed by atoms with van der Waals surface area (Å²) in [5.41, 5.74) is 3.54. The number of amides is 2. The molecule has 1 heterocycles. The zero-order chi connectivity index (χ0) is 18.1. The Bertz CT molecular complexity index is 937. The molecule has 1 saturated heterocycles. The Morgan fingerprint density at radius 1 is 1.12 bits per heavy atom. The van der Waals surface area contributed by atoms with Crippen LogP contribution in [0, 0.1) is 17.4 Å². The van der Waals surface area contributed by atoms with Gasteiger partial charge in [0.2, 0.25) is 0 Å². The Morgan fingerprint density at radius 2 is 1.88 bits per heavy atom. The molecule has 1 N–H and O–H groups in total. The van der Waals surface area contributed by atoms with Crippen LogP contribution in [0.1, 0.15) is 16.7 Å². The van der Waals surface area contributed by atoms with Crippen LogP contribution >= 0.6 is 34.8 Å². The summed E-state index contributed by atoms with van der Waals surface area (Å²) in [7, 11) is 0. The van der Waals surface area contributed by atoms with Gasteiger partial charge in [-0.1, -0.05) is 29.8 Å². The van der Waals surface area contributed by atoms with E-state index < -0.39 is 11.8 Å². The van der Waals surface area contributed by atoms with Gasteiger partial charge in [0.05, 0.1) is 5.69 Å². The van der Waals surface area contributed by atoms with Crippen molar-refractivity contribution in [1.82, 2.24) is 5.32 Å². The minimum atomic E-state index is -0.477. The molecule has 6 heteroatoms. The van der Waals surface area contributed by atoms with E-state index in [1.807, 2.05) is 56.3 Å². The summed E-state index contributed by atoms with van der Waals surface area (Å²) in [5.74, 6) is -0.894. The van der Waals surface area contributed by atoms with Gasteiger partial charge in [-0.3, -0.25) is 19.8 Å². The average Bonchev–Trinajstić information content (AvgIpc) is 2.53. The number of aryl methyl sites for hydroxylation is 2. The minimum absolute atomic E-state index is 0.0653. The van der Waals surface area contributed by atoms with Crippen LogP contribution < -0.4 is 10.2 Å². The number of nitrogens with zero attached hydrogens (tertiary/aromatic N) is 1. The Hall–Kier alpha value is -2.06. The molecule has 0 saturated carbocycles. The second kappa shape index (κ2) is 7.05. The highest BCUT2D eigenvalue weighted by atomic mass is 127. The molecule has 0 atom stereocenters. The molecule has 2 aromatic rings. The number of hydrogen-bond acceptors (Lipinski definition) is 3. The first-order valence-electron chi connectivity index (χ1n) is 7.61. The Morgan fingerprint density at radius 3 is 2.56 bits per heavy atom. The number of benzene rings is 2. The van der Waals surface area contributed by atoms with Gasteiger partial charge in [-0.2, -0.15) is 0 Å². The van der Waals surface area contributed by atoms with Gasteiger partial charge < -0.3 is 0 Å². The summed E-state index contributed by atoms with van der Waals surface area (Å²) in [6.45, 7) is 3.90. The first kappa shape index (κ1) is 17.8. The van der Waals surface area contributed by atoms with Crippen molar-refractivity contribution >= 4 is 63.5 Å². The third kappa shape index (κ3) is 3.64. The highest BCUT2D eigenvalue weighted by molar-refractivity contribution is 14.1. The van der Waals surface area contributed by atoms with Gasteiger partial charge in [-0.05, 0) is 84.1 Å². The van der Waals surface area contributed by atoms with Gasteiger partial charge in [0.15, 0.2) is 5.11 Å².